The molecule has 1 fully saturated rings. The van der Waals surface area contributed by atoms with Crippen LogP contribution in [0.5, 0.6) is 0 Å². The van der Waals surface area contributed by atoms with E-state index in [-0.39, 0.29) is 43.1 Å². The average Bonchev–Trinajstić information content (AvgIpc) is 2.94. The highest BCUT2D eigenvalue weighted by Gasteiger charge is 2.31. The summed E-state index contributed by atoms with van der Waals surface area (Å²) in [5.74, 6) is 0.803. The molecule has 1 aliphatic rings. The van der Waals surface area contributed by atoms with E-state index >= 15 is 0 Å². The lowest BCUT2D eigenvalue weighted by atomic mass is 10.1. The second kappa shape index (κ2) is 8.42. The molecular weight excluding hydrogens is 312 g/mol. The smallest absolute Gasteiger partial charge is 0.246 e. The van der Waals surface area contributed by atoms with Crippen molar-refractivity contribution in [2.45, 2.75) is 38.6 Å². The Balaban J connectivity index is 0.00000242. The summed E-state index contributed by atoms with van der Waals surface area (Å²) in [7, 11) is 3.28. The van der Waals surface area contributed by atoms with Gasteiger partial charge in [-0.05, 0) is 13.8 Å². The summed E-state index contributed by atoms with van der Waals surface area (Å²) in [6.07, 6.45) is -0.391. The minimum Gasteiger partial charge on any atom is -0.375 e. The van der Waals surface area contributed by atoms with E-state index in [1.807, 2.05) is 13.8 Å². The third-order valence-electron chi connectivity index (χ3n) is 3.53. The maximum atomic E-state index is 12.4. The van der Waals surface area contributed by atoms with Gasteiger partial charge in [-0.1, -0.05) is 5.16 Å². The van der Waals surface area contributed by atoms with Gasteiger partial charge in [-0.2, -0.15) is 4.98 Å². The number of carbonyl (C=O) groups is 1. The highest BCUT2D eigenvalue weighted by Crippen LogP contribution is 2.13. The molecule has 1 amide bonds. The van der Waals surface area contributed by atoms with Gasteiger partial charge in [0.05, 0.1) is 19.3 Å². The lowest BCUT2D eigenvalue weighted by molar-refractivity contribution is -0.139. The first kappa shape index (κ1) is 18.8. The monoisotopic (exact) mass is 334 g/mol. The van der Waals surface area contributed by atoms with E-state index in [2.05, 4.69) is 15.5 Å². The molecule has 2 rings (SSSR count). The number of ether oxygens (including phenoxy) is 2. The highest BCUT2D eigenvalue weighted by molar-refractivity contribution is 5.85. The van der Waals surface area contributed by atoms with Crippen molar-refractivity contribution in [1.82, 2.24) is 20.4 Å². The van der Waals surface area contributed by atoms with Gasteiger partial charge >= 0.3 is 0 Å². The van der Waals surface area contributed by atoms with Gasteiger partial charge in [0, 0.05) is 20.7 Å². The summed E-state index contributed by atoms with van der Waals surface area (Å²) < 4.78 is 15.7. The van der Waals surface area contributed by atoms with Crippen LogP contribution in [0.1, 0.15) is 31.7 Å². The Labute approximate surface area is 135 Å². The average molecular weight is 335 g/mol. The van der Waals surface area contributed by atoms with Crippen molar-refractivity contribution in [3.63, 3.8) is 0 Å². The molecule has 3 atom stereocenters. The van der Waals surface area contributed by atoms with E-state index in [9.17, 15) is 4.79 Å². The van der Waals surface area contributed by atoms with E-state index in [4.69, 9.17) is 14.0 Å². The Hall–Kier alpha value is -1.22. The second-order valence-electron chi connectivity index (χ2n) is 5.13. The Morgan fingerprint density at radius 2 is 2.32 bits per heavy atom. The molecule has 9 heteroatoms. The van der Waals surface area contributed by atoms with Gasteiger partial charge in [0.25, 0.3) is 0 Å². The molecule has 1 aliphatic heterocycles. The van der Waals surface area contributed by atoms with Crippen LogP contribution in [0.3, 0.4) is 0 Å². The minimum absolute atomic E-state index is 0. The molecule has 0 saturated carbocycles. The zero-order valence-electron chi connectivity index (χ0n) is 13.2. The van der Waals surface area contributed by atoms with Crippen LogP contribution in [0.4, 0.5) is 0 Å². The summed E-state index contributed by atoms with van der Waals surface area (Å²) in [4.78, 5) is 18.2. The SMILES string of the molecule is COC(C)c1noc(CN(C)C(=O)[C@H]2NCCO[C@@H]2C)n1.Cl. The number of hydrogen-bond acceptors (Lipinski definition) is 7. The number of halogens is 1. The number of nitrogens with zero attached hydrogens (tertiary/aromatic N) is 3. The van der Waals surface area contributed by atoms with Crippen LogP contribution in [0.2, 0.25) is 0 Å². The number of methoxy groups -OCH3 is 1. The van der Waals surface area contributed by atoms with Gasteiger partial charge < -0.3 is 24.2 Å². The van der Waals surface area contributed by atoms with Gasteiger partial charge in [0.2, 0.25) is 11.8 Å². The van der Waals surface area contributed by atoms with E-state index in [1.165, 1.54) is 0 Å². The lowest BCUT2D eigenvalue weighted by Crippen LogP contribution is -2.55. The van der Waals surface area contributed by atoms with Crippen LogP contribution >= 0.6 is 12.4 Å². The maximum absolute atomic E-state index is 12.4. The Bertz CT molecular complexity index is 484. The van der Waals surface area contributed by atoms with Gasteiger partial charge in [0.1, 0.15) is 12.1 Å². The van der Waals surface area contributed by atoms with E-state index in [0.717, 1.165) is 0 Å². The van der Waals surface area contributed by atoms with Gasteiger partial charge in [-0.3, -0.25) is 4.79 Å². The summed E-state index contributed by atoms with van der Waals surface area (Å²) >= 11 is 0. The fourth-order valence-electron chi connectivity index (χ4n) is 2.13. The number of amides is 1. The third-order valence-corrected chi connectivity index (χ3v) is 3.53. The summed E-state index contributed by atoms with van der Waals surface area (Å²) in [5, 5.41) is 7.00. The Morgan fingerprint density at radius 3 is 2.95 bits per heavy atom. The second-order valence-corrected chi connectivity index (χ2v) is 5.13. The molecule has 0 spiro atoms. The number of likely N-dealkylation sites (N-methyl/N-ethyl adjacent to an activating group) is 1. The zero-order valence-corrected chi connectivity index (χ0v) is 14.1. The first-order chi connectivity index (χ1) is 10.0. The molecule has 0 bridgehead atoms. The molecule has 0 radical (unpaired) electrons. The van der Waals surface area contributed by atoms with Crippen LogP contribution in [0, 0.1) is 0 Å². The van der Waals surface area contributed by atoms with Crippen molar-refractivity contribution in [2.24, 2.45) is 0 Å². The molecule has 1 aromatic heterocycles. The molecule has 22 heavy (non-hydrogen) atoms. The van der Waals surface area contributed by atoms with Crippen LogP contribution in [-0.4, -0.2) is 60.4 Å². The van der Waals surface area contributed by atoms with Crippen LogP contribution < -0.4 is 5.32 Å². The number of hydrogen-bond donors (Lipinski definition) is 1. The molecule has 8 nitrogen and oxygen atoms in total. The molecule has 2 heterocycles. The summed E-state index contributed by atoms with van der Waals surface area (Å²) in [5.41, 5.74) is 0. The molecule has 1 saturated heterocycles. The Morgan fingerprint density at radius 1 is 1.59 bits per heavy atom. The fourth-order valence-corrected chi connectivity index (χ4v) is 2.13. The molecule has 0 aromatic carbocycles. The van der Waals surface area contributed by atoms with E-state index in [1.54, 1.807) is 19.1 Å². The van der Waals surface area contributed by atoms with Gasteiger partial charge in [-0.25, -0.2) is 0 Å². The number of rotatable bonds is 5. The molecular formula is C13H23ClN4O4. The summed E-state index contributed by atoms with van der Waals surface area (Å²) in [6.45, 7) is 5.26. The zero-order chi connectivity index (χ0) is 15.4. The molecule has 1 N–H and O–H groups in total. The predicted octanol–water partition coefficient (Wildman–Crippen LogP) is 0.534. The third kappa shape index (κ3) is 4.39. The van der Waals surface area contributed by atoms with Crippen LogP contribution in [0.15, 0.2) is 4.52 Å². The molecule has 126 valence electrons. The van der Waals surface area contributed by atoms with Crippen LogP contribution in [0.25, 0.3) is 0 Å². The predicted molar refractivity (Wildman–Crippen MR) is 80.6 cm³/mol. The number of aromatic nitrogens is 2. The Kier molecular flexibility index (Phi) is 7.21. The first-order valence-electron chi connectivity index (χ1n) is 6.98. The van der Waals surface area contributed by atoms with Crippen molar-refractivity contribution in [3.8, 4) is 0 Å². The maximum Gasteiger partial charge on any atom is 0.246 e. The largest absolute Gasteiger partial charge is 0.375 e. The van der Waals surface area contributed by atoms with Crippen molar-refractivity contribution in [1.29, 1.82) is 0 Å². The standard InChI is InChI=1S/C13H22N4O4.ClH/c1-8-11(14-5-6-20-8)13(18)17(3)7-10-15-12(16-21-10)9(2)19-4;/h8-9,11,14H,5-7H2,1-4H3;1H/t8-,9?,11+;/m1./s1. The van der Waals surface area contributed by atoms with Crippen molar-refractivity contribution in [2.75, 3.05) is 27.3 Å². The van der Waals surface area contributed by atoms with Crippen molar-refractivity contribution >= 4 is 18.3 Å². The number of carbonyl (C=O) groups excluding carboxylic acids is 1. The molecule has 1 aromatic rings. The van der Waals surface area contributed by atoms with E-state index < -0.39 is 0 Å². The quantitative estimate of drug-likeness (QED) is 0.840. The van der Waals surface area contributed by atoms with Crippen molar-refractivity contribution < 1.29 is 18.8 Å². The van der Waals surface area contributed by atoms with Crippen LogP contribution in [-0.2, 0) is 20.8 Å². The first-order valence-corrected chi connectivity index (χ1v) is 6.98. The summed E-state index contributed by atoms with van der Waals surface area (Å²) in [6, 6.07) is -0.343. The minimum atomic E-state index is -0.343. The normalized spacial score (nSPS) is 22.7. The number of morpholine rings is 1. The topological polar surface area (TPSA) is 89.7 Å². The lowest BCUT2D eigenvalue weighted by Gasteiger charge is -2.31. The fraction of sp³-hybridized carbons (Fsp3) is 0.769. The van der Waals surface area contributed by atoms with Gasteiger partial charge in [0.15, 0.2) is 5.82 Å². The van der Waals surface area contributed by atoms with Crippen molar-refractivity contribution in [3.05, 3.63) is 11.7 Å². The highest BCUT2D eigenvalue weighted by atomic mass is 35.5. The molecule has 0 aliphatic carbocycles. The van der Waals surface area contributed by atoms with E-state index in [0.29, 0.717) is 24.9 Å². The molecule has 1 unspecified atom stereocenters. The number of nitrogens with one attached hydrogen (secondary N) is 1. The van der Waals surface area contributed by atoms with Gasteiger partial charge in [-0.15, -0.1) is 12.4 Å².